The average Bonchev–Trinajstić information content (AvgIpc) is 3.12. The monoisotopic (exact) mass is 293 g/mol. The van der Waals surface area contributed by atoms with Crippen LogP contribution in [0.2, 0.25) is 0 Å². The Bertz CT molecular complexity index is 435. The maximum absolute atomic E-state index is 6.18. The number of aromatic nitrogens is 2. The molecule has 2 rings (SSSR count). The van der Waals surface area contributed by atoms with Crippen molar-refractivity contribution in [2.24, 2.45) is 5.73 Å². The Kier molecular flexibility index (Phi) is 6.24. The summed E-state index contributed by atoms with van der Waals surface area (Å²) in [6.07, 6.45) is 7.94. The molecule has 0 aromatic carbocycles. The van der Waals surface area contributed by atoms with E-state index in [2.05, 4.69) is 25.5 Å². The topological polar surface area (TPSA) is 53.1 Å². The zero-order valence-electron chi connectivity index (χ0n) is 13.9. The van der Waals surface area contributed by atoms with Crippen LogP contribution in [0.4, 0.5) is 0 Å². The molecule has 0 radical (unpaired) electrons. The molecule has 1 aromatic rings. The van der Waals surface area contributed by atoms with Crippen molar-refractivity contribution >= 4 is 0 Å². The summed E-state index contributed by atoms with van der Waals surface area (Å²) >= 11 is 0. The molecule has 0 bridgehead atoms. The summed E-state index contributed by atoms with van der Waals surface area (Å²) in [7, 11) is 0. The highest BCUT2D eigenvalue weighted by Crippen LogP contribution is 2.21. The zero-order valence-corrected chi connectivity index (χ0v) is 13.9. The van der Waals surface area contributed by atoms with Crippen LogP contribution in [-0.4, -0.2) is 28.5 Å². The van der Waals surface area contributed by atoms with Gasteiger partial charge in [-0.1, -0.05) is 20.8 Å². The molecule has 4 heteroatoms. The molecule has 1 aromatic heterocycles. The number of ether oxygens (including phenoxy) is 1. The Hall–Kier alpha value is -0.870. The first kappa shape index (κ1) is 16.5. The molecule has 1 aliphatic heterocycles. The van der Waals surface area contributed by atoms with Gasteiger partial charge in [-0.2, -0.15) is 5.10 Å². The Morgan fingerprint density at radius 2 is 2.14 bits per heavy atom. The van der Waals surface area contributed by atoms with Crippen molar-refractivity contribution in [1.29, 1.82) is 0 Å². The predicted octanol–water partition coefficient (Wildman–Crippen LogP) is 2.86. The fourth-order valence-corrected chi connectivity index (χ4v) is 3.23. The fraction of sp³-hybridized carbons (Fsp3) is 0.824. The van der Waals surface area contributed by atoms with E-state index in [-0.39, 0.29) is 6.04 Å². The SMILES string of the molecule is CCc1nn(CCC2CCCO2)c(CC)c1CC(N)CC. The maximum atomic E-state index is 6.18. The molecular formula is C17H31N3O. The van der Waals surface area contributed by atoms with Gasteiger partial charge < -0.3 is 10.5 Å². The van der Waals surface area contributed by atoms with Gasteiger partial charge in [0.05, 0.1) is 11.8 Å². The highest BCUT2D eigenvalue weighted by atomic mass is 16.5. The van der Waals surface area contributed by atoms with E-state index in [1.807, 2.05) is 0 Å². The van der Waals surface area contributed by atoms with Gasteiger partial charge in [-0.05, 0) is 50.5 Å². The maximum Gasteiger partial charge on any atom is 0.0657 e. The molecular weight excluding hydrogens is 262 g/mol. The van der Waals surface area contributed by atoms with E-state index in [4.69, 9.17) is 15.6 Å². The van der Waals surface area contributed by atoms with Gasteiger partial charge in [0.15, 0.2) is 0 Å². The van der Waals surface area contributed by atoms with Crippen molar-refractivity contribution in [3.05, 3.63) is 17.0 Å². The Morgan fingerprint density at radius 1 is 1.33 bits per heavy atom. The van der Waals surface area contributed by atoms with Crippen molar-refractivity contribution in [3.8, 4) is 0 Å². The lowest BCUT2D eigenvalue weighted by Gasteiger charge is -2.13. The van der Waals surface area contributed by atoms with Crippen LogP contribution in [0.25, 0.3) is 0 Å². The van der Waals surface area contributed by atoms with Crippen LogP contribution in [-0.2, 0) is 30.5 Å². The van der Waals surface area contributed by atoms with Gasteiger partial charge in [-0.3, -0.25) is 4.68 Å². The first-order valence-electron chi connectivity index (χ1n) is 8.64. The summed E-state index contributed by atoms with van der Waals surface area (Å²) in [5.41, 5.74) is 10.2. The smallest absolute Gasteiger partial charge is 0.0657 e. The van der Waals surface area contributed by atoms with E-state index in [0.717, 1.165) is 45.3 Å². The van der Waals surface area contributed by atoms with Gasteiger partial charge in [0, 0.05) is 24.9 Å². The lowest BCUT2D eigenvalue weighted by molar-refractivity contribution is 0.0992. The summed E-state index contributed by atoms with van der Waals surface area (Å²) in [6, 6.07) is 0.247. The number of nitrogens with zero attached hydrogens (tertiary/aromatic N) is 2. The third-order valence-corrected chi connectivity index (χ3v) is 4.60. The number of nitrogens with two attached hydrogens (primary N) is 1. The number of aryl methyl sites for hydroxylation is 2. The second-order valence-corrected chi connectivity index (χ2v) is 6.10. The van der Waals surface area contributed by atoms with E-state index >= 15 is 0 Å². The van der Waals surface area contributed by atoms with Gasteiger partial charge in [0.25, 0.3) is 0 Å². The van der Waals surface area contributed by atoms with Gasteiger partial charge in [0.2, 0.25) is 0 Å². The van der Waals surface area contributed by atoms with Gasteiger partial charge in [-0.25, -0.2) is 0 Å². The molecule has 2 atom stereocenters. The van der Waals surface area contributed by atoms with Crippen molar-refractivity contribution in [1.82, 2.24) is 9.78 Å². The van der Waals surface area contributed by atoms with Crippen molar-refractivity contribution in [2.75, 3.05) is 6.61 Å². The van der Waals surface area contributed by atoms with E-state index in [1.165, 1.54) is 29.8 Å². The minimum Gasteiger partial charge on any atom is -0.378 e. The van der Waals surface area contributed by atoms with E-state index < -0.39 is 0 Å². The van der Waals surface area contributed by atoms with Crippen molar-refractivity contribution in [2.45, 2.75) is 84.4 Å². The zero-order chi connectivity index (χ0) is 15.2. The largest absolute Gasteiger partial charge is 0.378 e. The number of hydrogen-bond donors (Lipinski definition) is 1. The minimum absolute atomic E-state index is 0.247. The third kappa shape index (κ3) is 4.07. The number of rotatable bonds is 8. The normalized spacial score (nSPS) is 20.1. The van der Waals surface area contributed by atoms with E-state index in [9.17, 15) is 0 Å². The quantitative estimate of drug-likeness (QED) is 0.802. The van der Waals surface area contributed by atoms with Crippen LogP contribution in [0, 0.1) is 0 Å². The molecule has 4 nitrogen and oxygen atoms in total. The van der Waals surface area contributed by atoms with Crippen LogP contribution in [0.5, 0.6) is 0 Å². The molecule has 120 valence electrons. The predicted molar refractivity (Wildman–Crippen MR) is 86.5 cm³/mol. The molecule has 2 N–H and O–H groups in total. The van der Waals surface area contributed by atoms with Crippen LogP contribution >= 0.6 is 0 Å². The summed E-state index contributed by atoms with van der Waals surface area (Å²) in [4.78, 5) is 0. The van der Waals surface area contributed by atoms with E-state index in [1.54, 1.807) is 0 Å². The van der Waals surface area contributed by atoms with Gasteiger partial charge in [0.1, 0.15) is 0 Å². The lowest BCUT2D eigenvalue weighted by Crippen LogP contribution is -2.22. The standard InChI is InChI=1S/C17H31N3O/c1-4-13(18)12-15-16(5-2)19-20(17(15)6-3)10-9-14-8-7-11-21-14/h13-14H,4-12,18H2,1-3H3. The highest BCUT2D eigenvalue weighted by Gasteiger charge is 2.20. The first-order chi connectivity index (χ1) is 10.2. The van der Waals surface area contributed by atoms with Crippen molar-refractivity contribution < 1.29 is 4.74 Å². The molecule has 21 heavy (non-hydrogen) atoms. The molecule has 1 saturated heterocycles. The second-order valence-electron chi connectivity index (χ2n) is 6.10. The van der Waals surface area contributed by atoms with Gasteiger partial charge >= 0.3 is 0 Å². The number of hydrogen-bond acceptors (Lipinski definition) is 3. The Labute approximate surface area is 129 Å². The lowest BCUT2D eigenvalue weighted by atomic mass is 10.00. The highest BCUT2D eigenvalue weighted by molar-refractivity contribution is 5.28. The summed E-state index contributed by atoms with van der Waals surface area (Å²) in [6.45, 7) is 8.47. The molecule has 0 spiro atoms. The summed E-state index contributed by atoms with van der Waals surface area (Å²) in [5, 5.41) is 4.85. The van der Waals surface area contributed by atoms with Crippen LogP contribution in [0.1, 0.15) is 63.4 Å². The van der Waals surface area contributed by atoms with Crippen LogP contribution in [0.15, 0.2) is 0 Å². The summed E-state index contributed by atoms with van der Waals surface area (Å²) in [5.74, 6) is 0. The molecule has 0 amide bonds. The Morgan fingerprint density at radius 3 is 2.71 bits per heavy atom. The fourth-order valence-electron chi connectivity index (χ4n) is 3.23. The van der Waals surface area contributed by atoms with Crippen LogP contribution in [0.3, 0.4) is 0 Å². The molecule has 0 aliphatic carbocycles. The average molecular weight is 293 g/mol. The first-order valence-corrected chi connectivity index (χ1v) is 8.64. The third-order valence-electron chi connectivity index (χ3n) is 4.60. The summed E-state index contributed by atoms with van der Waals surface area (Å²) < 4.78 is 7.95. The molecule has 1 fully saturated rings. The molecule has 1 aliphatic rings. The molecule has 0 saturated carbocycles. The molecule has 2 unspecified atom stereocenters. The molecule has 2 heterocycles. The Balaban J connectivity index is 2.11. The second kappa shape index (κ2) is 7.95. The minimum atomic E-state index is 0.247. The van der Waals surface area contributed by atoms with Crippen molar-refractivity contribution in [3.63, 3.8) is 0 Å². The van der Waals surface area contributed by atoms with E-state index in [0.29, 0.717) is 6.10 Å². The van der Waals surface area contributed by atoms with Crippen LogP contribution < -0.4 is 5.73 Å². The van der Waals surface area contributed by atoms with Gasteiger partial charge in [-0.15, -0.1) is 0 Å².